The molecule has 0 fully saturated rings. The van der Waals surface area contributed by atoms with Gasteiger partial charge in [0.15, 0.2) is 34.6 Å². The molecule has 0 spiro atoms. The van der Waals surface area contributed by atoms with Crippen molar-refractivity contribution >= 4 is 23.7 Å². The van der Waals surface area contributed by atoms with Gasteiger partial charge in [0.05, 0.1) is 32.8 Å². The highest BCUT2D eigenvalue weighted by Crippen LogP contribution is 2.30. The van der Waals surface area contributed by atoms with E-state index in [1.165, 1.54) is 12.2 Å². The molecular formula is C33H46N2O6. The minimum Gasteiger partial charge on any atom is -0.493 e. The third-order valence-corrected chi connectivity index (χ3v) is 6.48. The number of hydrogen-bond acceptors (Lipinski definition) is 8. The largest absolute Gasteiger partial charge is 0.493 e. The fourth-order valence-electron chi connectivity index (χ4n) is 3.82. The molecule has 0 aromatic heterocycles. The van der Waals surface area contributed by atoms with E-state index in [2.05, 4.69) is 9.80 Å². The van der Waals surface area contributed by atoms with Crippen molar-refractivity contribution in [2.75, 3.05) is 68.7 Å². The van der Waals surface area contributed by atoms with Crippen molar-refractivity contribution in [1.29, 1.82) is 0 Å². The molecule has 0 radical (unpaired) electrons. The van der Waals surface area contributed by atoms with Gasteiger partial charge in [-0.15, -0.1) is 0 Å². The second kappa shape index (κ2) is 16.6. The number of ketones is 2. The number of allylic oxidation sites excluding steroid dienone is 2. The van der Waals surface area contributed by atoms with Crippen LogP contribution in [0.2, 0.25) is 0 Å². The molecule has 0 N–H and O–H groups in total. The third kappa shape index (κ3) is 11.1. The highest BCUT2D eigenvalue weighted by Gasteiger charge is 2.32. The number of methoxy groups -OCH3 is 2. The average Bonchev–Trinajstić information content (AvgIpc) is 2.95. The van der Waals surface area contributed by atoms with Gasteiger partial charge in [-0.05, 0) is 102 Å². The summed E-state index contributed by atoms with van der Waals surface area (Å²) in [7, 11) is 11.3. The summed E-state index contributed by atoms with van der Waals surface area (Å²) >= 11 is 0. The van der Waals surface area contributed by atoms with E-state index >= 15 is 0 Å². The maximum atomic E-state index is 13.0. The highest BCUT2D eigenvalue weighted by molar-refractivity contribution is 6.16. The van der Waals surface area contributed by atoms with Gasteiger partial charge in [-0.2, -0.15) is 0 Å². The number of ether oxygens (including phenoxy) is 4. The third-order valence-electron chi connectivity index (χ3n) is 6.48. The summed E-state index contributed by atoms with van der Waals surface area (Å²) in [5.74, 6) is 1.88. The van der Waals surface area contributed by atoms with E-state index < -0.39 is 5.41 Å². The Bertz CT molecular complexity index is 1110. The molecule has 0 saturated heterocycles. The van der Waals surface area contributed by atoms with Crippen molar-refractivity contribution in [3.05, 3.63) is 59.7 Å². The standard InChI is InChI=1S/C33H46N2O6/c1-33(2,31(36)17-13-25-11-15-27(29(23-25)38-7)40-21-9-19-34(3)4)32(37)18-14-26-12-16-28(30(24-26)39-8)41-22-10-20-35(5)6/h11-18,23-24H,9-10,19-22H2,1-8H3/b17-13+,18-14+. The lowest BCUT2D eigenvalue weighted by Crippen LogP contribution is -2.30. The molecule has 224 valence electrons. The Labute approximate surface area is 245 Å². The summed E-state index contributed by atoms with van der Waals surface area (Å²) in [6.45, 7) is 6.27. The lowest BCUT2D eigenvalue weighted by Gasteiger charge is -2.17. The summed E-state index contributed by atoms with van der Waals surface area (Å²) in [6.07, 6.45) is 8.03. The summed E-state index contributed by atoms with van der Waals surface area (Å²) in [5.41, 5.74) is 0.308. The van der Waals surface area contributed by atoms with Crippen LogP contribution in [0.25, 0.3) is 12.2 Å². The van der Waals surface area contributed by atoms with Crippen molar-refractivity contribution in [3.8, 4) is 23.0 Å². The van der Waals surface area contributed by atoms with Crippen LogP contribution < -0.4 is 18.9 Å². The van der Waals surface area contributed by atoms with Crippen LogP contribution in [0.5, 0.6) is 23.0 Å². The van der Waals surface area contributed by atoms with Crippen LogP contribution in [0.15, 0.2) is 48.6 Å². The van der Waals surface area contributed by atoms with Crippen LogP contribution in [0.4, 0.5) is 0 Å². The minimum absolute atomic E-state index is 0.297. The van der Waals surface area contributed by atoms with Crippen molar-refractivity contribution in [1.82, 2.24) is 9.80 Å². The Hall–Kier alpha value is -3.62. The van der Waals surface area contributed by atoms with Crippen LogP contribution in [-0.2, 0) is 9.59 Å². The molecule has 0 aliphatic heterocycles. The van der Waals surface area contributed by atoms with E-state index in [0.717, 1.165) is 37.1 Å². The molecule has 0 unspecified atom stereocenters. The number of carbonyl (C=O) groups is 2. The second-order valence-corrected chi connectivity index (χ2v) is 10.9. The fourth-order valence-corrected chi connectivity index (χ4v) is 3.82. The summed E-state index contributed by atoms with van der Waals surface area (Å²) in [5, 5.41) is 0. The van der Waals surface area contributed by atoms with Crippen LogP contribution in [0.3, 0.4) is 0 Å². The van der Waals surface area contributed by atoms with Crippen LogP contribution in [0, 0.1) is 5.41 Å². The minimum atomic E-state index is -1.23. The van der Waals surface area contributed by atoms with E-state index in [-0.39, 0.29) is 11.6 Å². The lowest BCUT2D eigenvalue weighted by molar-refractivity contribution is -0.132. The highest BCUT2D eigenvalue weighted by atomic mass is 16.5. The molecule has 2 aromatic carbocycles. The maximum absolute atomic E-state index is 13.0. The molecule has 8 heteroatoms. The van der Waals surface area contributed by atoms with Gasteiger partial charge in [-0.25, -0.2) is 0 Å². The van der Waals surface area contributed by atoms with E-state index in [1.807, 2.05) is 64.6 Å². The monoisotopic (exact) mass is 566 g/mol. The molecule has 0 saturated carbocycles. The first-order chi connectivity index (χ1) is 19.5. The van der Waals surface area contributed by atoms with Crippen molar-refractivity contribution in [2.24, 2.45) is 5.41 Å². The number of rotatable bonds is 18. The van der Waals surface area contributed by atoms with Gasteiger partial charge in [-0.1, -0.05) is 24.3 Å². The molecule has 0 aliphatic carbocycles. The maximum Gasteiger partial charge on any atom is 0.169 e. The molecule has 0 bridgehead atoms. The van der Waals surface area contributed by atoms with Crippen LogP contribution in [0.1, 0.15) is 37.8 Å². The molecule has 0 aliphatic rings. The number of carbonyl (C=O) groups excluding carboxylic acids is 2. The van der Waals surface area contributed by atoms with Gasteiger partial charge in [0, 0.05) is 13.1 Å². The summed E-state index contributed by atoms with van der Waals surface area (Å²) < 4.78 is 22.6. The quantitative estimate of drug-likeness (QED) is 0.138. The Morgan fingerprint density at radius 2 is 1.07 bits per heavy atom. The Morgan fingerprint density at radius 3 is 1.41 bits per heavy atom. The zero-order chi connectivity index (χ0) is 30.4. The SMILES string of the molecule is COc1cc(/C=C/C(=O)C(C)(C)C(=O)/C=C/c2ccc(OCCCN(C)C)c(OC)c2)ccc1OCCCN(C)C. The predicted octanol–water partition coefficient (Wildman–Crippen LogP) is 5.26. The fraction of sp³-hybridized carbons (Fsp3) is 0.455. The molecule has 0 heterocycles. The molecule has 41 heavy (non-hydrogen) atoms. The second-order valence-electron chi connectivity index (χ2n) is 10.9. The van der Waals surface area contributed by atoms with Crippen LogP contribution >= 0.6 is 0 Å². The Morgan fingerprint density at radius 1 is 0.683 bits per heavy atom. The average molecular weight is 567 g/mol. The first kappa shape index (κ1) is 33.6. The van der Waals surface area contributed by atoms with Gasteiger partial charge in [-0.3, -0.25) is 9.59 Å². The smallest absolute Gasteiger partial charge is 0.169 e. The van der Waals surface area contributed by atoms with Gasteiger partial charge < -0.3 is 28.7 Å². The normalized spacial score (nSPS) is 12.0. The first-order valence-corrected chi connectivity index (χ1v) is 13.8. The molecule has 2 rings (SSSR count). The molecule has 0 atom stereocenters. The van der Waals surface area contributed by atoms with Gasteiger partial charge in [0.25, 0.3) is 0 Å². The summed E-state index contributed by atoms with van der Waals surface area (Å²) in [4.78, 5) is 30.2. The first-order valence-electron chi connectivity index (χ1n) is 13.8. The number of hydrogen-bond donors (Lipinski definition) is 0. The van der Waals surface area contributed by atoms with Gasteiger partial charge in [0.1, 0.15) is 0 Å². The zero-order valence-electron chi connectivity index (χ0n) is 25.9. The van der Waals surface area contributed by atoms with Crippen molar-refractivity contribution < 1.29 is 28.5 Å². The van der Waals surface area contributed by atoms with Crippen LogP contribution in [-0.4, -0.2) is 90.1 Å². The topological polar surface area (TPSA) is 77.5 Å². The van der Waals surface area contributed by atoms with E-state index in [9.17, 15) is 9.59 Å². The predicted molar refractivity (Wildman–Crippen MR) is 165 cm³/mol. The van der Waals surface area contributed by atoms with Crippen molar-refractivity contribution in [2.45, 2.75) is 26.7 Å². The zero-order valence-corrected chi connectivity index (χ0v) is 25.9. The Kier molecular flexibility index (Phi) is 13.6. The van der Waals surface area contributed by atoms with E-state index in [4.69, 9.17) is 18.9 Å². The molecular weight excluding hydrogens is 520 g/mol. The molecule has 8 nitrogen and oxygen atoms in total. The van der Waals surface area contributed by atoms with E-state index in [0.29, 0.717) is 36.2 Å². The Balaban J connectivity index is 2.02. The summed E-state index contributed by atoms with van der Waals surface area (Å²) in [6, 6.07) is 11.0. The van der Waals surface area contributed by atoms with Gasteiger partial charge in [0.2, 0.25) is 0 Å². The van der Waals surface area contributed by atoms with E-state index in [1.54, 1.807) is 40.2 Å². The molecule has 2 aromatic rings. The molecule has 0 amide bonds. The van der Waals surface area contributed by atoms with Crippen molar-refractivity contribution in [3.63, 3.8) is 0 Å². The number of nitrogens with zero attached hydrogens (tertiary/aromatic N) is 2. The number of benzene rings is 2. The van der Waals surface area contributed by atoms with Gasteiger partial charge >= 0.3 is 0 Å². The lowest BCUT2D eigenvalue weighted by atomic mass is 9.82.